The van der Waals surface area contributed by atoms with E-state index in [-0.39, 0.29) is 18.5 Å². The van der Waals surface area contributed by atoms with Crippen LogP contribution in [-0.2, 0) is 14.3 Å². The van der Waals surface area contributed by atoms with Crippen molar-refractivity contribution < 1.29 is 24.5 Å². The SMILES string of the molecule is CCCCCCCC/C=C\CCCCCCCCCCCC(=O)OCCCCCCCCCCC/C=C\CCCCCCCC(=O)NC(CO)C(O)CCCCCCCCCCCC. The zero-order chi connectivity index (χ0) is 46.5. The van der Waals surface area contributed by atoms with Crippen molar-refractivity contribution >= 4 is 11.9 Å². The van der Waals surface area contributed by atoms with Gasteiger partial charge in [-0.3, -0.25) is 9.59 Å². The monoisotopic (exact) mass is 902 g/mol. The molecule has 2 atom stereocenters. The van der Waals surface area contributed by atoms with Crippen LogP contribution in [0.15, 0.2) is 24.3 Å². The van der Waals surface area contributed by atoms with E-state index in [0.717, 1.165) is 57.8 Å². The van der Waals surface area contributed by atoms with Gasteiger partial charge in [-0.15, -0.1) is 0 Å². The molecule has 2 unspecified atom stereocenters. The van der Waals surface area contributed by atoms with Crippen LogP contribution in [0.3, 0.4) is 0 Å². The fraction of sp³-hybridized carbons (Fsp3) is 0.897. The van der Waals surface area contributed by atoms with Crippen LogP contribution < -0.4 is 5.32 Å². The molecule has 3 N–H and O–H groups in total. The number of carbonyl (C=O) groups is 2. The maximum Gasteiger partial charge on any atom is 0.305 e. The third-order valence-corrected chi connectivity index (χ3v) is 13.2. The highest BCUT2D eigenvalue weighted by Crippen LogP contribution is 2.16. The molecule has 378 valence electrons. The van der Waals surface area contributed by atoms with Gasteiger partial charge in [0, 0.05) is 12.8 Å². The van der Waals surface area contributed by atoms with Crippen molar-refractivity contribution in [1.82, 2.24) is 5.32 Å². The lowest BCUT2D eigenvalue weighted by Crippen LogP contribution is -2.45. The summed E-state index contributed by atoms with van der Waals surface area (Å²) in [4.78, 5) is 24.5. The van der Waals surface area contributed by atoms with Crippen molar-refractivity contribution in [3.8, 4) is 0 Å². The van der Waals surface area contributed by atoms with Gasteiger partial charge in [0.2, 0.25) is 5.91 Å². The molecule has 0 aromatic rings. The molecule has 0 aromatic heterocycles. The number of hydrogen-bond donors (Lipinski definition) is 3. The average Bonchev–Trinajstić information content (AvgIpc) is 3.29. The number of carbonyl (C=O) groups excluding carboxylic acids is 2. The van der Waals surface area contributed by atoms with Gasteiger partial charge in [0.1, 0.15) is 0 Å². The van der Waals surface area contributed by atoms with Crippen LogP contribution in [0.4, 0.5) is 0 Å². The molecule has 0 spiro atoms. The van der Waals surface area contributed by atoms with Gasteiger partial charge < -0.3 is 20.3 Å². The molecule has 0 heterocycles. The second-order valence-electron chi connectivity index (χ2n) is 19.6. The Bertz CT molecular complexity index is 997. The standard InChI is InChI=1S/C58H111NO5/c1-3-5-7-9-11-13-15-16-17-18-19-23-26-29-32-36-40-44-48-52-58(63)64-53-49-45-41-37-33-30-27-24-21-20-22-25-28-31-35-39-43-47-51-57(62)59-55(54-60)56(61)50-46-42-38-34-14-12-10-8-6-4-2/h16-17,22,25,55-56,60-61H,3-15,18-21,23-24,26-54H2,1-2H3,(H,59,62)/b17-16-,25-22-. The molecule has 64 heavy (non-hydrogen) atoms. The van der Waals surface area contributed by atoms with Gasteiger partial charge in [0.05, 0.1) is 25.4 Å². The van der Waals surface area contributed by atoms with Crippen LogP contribution in [0.25, 0.3) is 0 Å². The Morgan fingerprint density at radius 2 is 0.734 bits per heavy atom. The topological polar surface area (TPSA) is 95.9 Å². The van der Waals surface area contributed by atoms with E-state index in [4.69, 9.17) is 4.74 Å². The largest absolute Gasteiger partial charge is 0.466 e. The summed E-state index contributed by atoms with van der Waals surface area (Å²) in [7, 11) is 0. The number of nitrogens with one attached hydrogen (secondary N) is 1. The number of rotatable bonds is 53. The highest BCUT2D eigenvalue weighted by molar-refractivity contribution is 5.76. The molecule has 6 nitrogen and oxygen atoms in total. The van der Waals surface area contributed by atoms with Crippen molar-refractivity contribution in [3.63, 3.8) is 0 Å². The third-order valence-electron chi connectivity index (χ3n) is 13.2. The number of hydrogen-bond acceptors (Lipinski definition) is 5. The molecule has 0 aliphatic carbocycles. The summed E-state index contributed by atoms with van der Waals surface area (Å²) in [5, 5.41) is 23.1. The van der Waals surface area contributed by atoms with Crippen LogP contribution in [0.5, 0.6) is 0 Å². The molecule has 0 fully saturated rings. The lowest BCUT2D eigenvalue weighted by molar-refractivity contribution is -0.143. The molecule has 0 saturated heterocycles. The number of aliphatic hydroxyl groups is 2. The van der Waals surface area contributed by atoms with Crippen LogP contribution in [0, 0.1) is 0 Å². The number of aliphatic hydroxyl groups excluding tert-OH is 2. The molecule has 0 saturated carbocycles. The average molecular weight is 903 g/mol. The maximum absolute atomic E-state index is 12.4. The van der Waals surface area contributed by atoms with E-state index in [1.165, 1.54) is 218 Å². The molecule has 0 bridgehead atoms. The fourth-order valence-corrected chi connectivity index (χ4v) is 8.81. The Kier molecular flexibility index (Phi) is 52.6. The number of amides is 1. The van der Waals surface area contributed by atoms with Crippen LogP contribution in [0.2, 0.25) is 0 Å². The lowest BCUT2D eigenvalue weighted by atomic mass is 10.0. The molecule has 1 amide bonds. The van der Waals surface area contributed by atoms with E-state index in [1.807, 2.05) is 0 Å². The minimum absolute atomic E-state index is 0.00248. The van der Waals surface area contributed by atoms with Crippen LogP contribution in [-0.4, -0.2) is 47.4 Å². The lowest BCUT2D eigenvalue weighted by Gasteiger charge is -2.22. The van der Waals surface area contributed by atoms with E-state index in [9.17, 15) is 19.8 Å². The number of unbranched alkanes of at least 4 members (excludes halogenated alkanes) is 38. The van der Waals surface area contributed by atoms with Gasteiger partial charge in [0.25, 0.3) is 0 Å². The Labute approximate surface area is 399 Å². The van der Waals surface area contributed by atoms with Crippen molar-refractivity contribution in [1.29, 1.82) is 0 Å². The van der Waals surface area contributed by atoms with Gasteiger partial charge in [-0.2, -0.15) is 0 Å². The van der Waals surface area contributed by atoms with Crippen molar-refractivity contribution in [3.05, 3.63) is 24.3 Å². The van der Waals surface area contributed by atoms with E-state index >= 15 is 0 Å². The fourth-order valence-electron chi connectivity index (χ4n) is 8.81. The molecule has 0 aliphatic heterocycles. The van der Waals surface area contributed by atoms with Gasteiger partial charge in [-0.1, -0.05) is 244 Å². The van der Waals surface area contributed by atoms with Crippen molar-refractivity contribution in [2.75, 3.05) is 13.2 Å². The molecular weight excluding hydrogens is 791 g/mol. The Hall–Kier alpha value is -1.66. The molecule has 0 radical (unpaired) electrons. The van der Waals surface area contributed by atoms with Gasteiger partial charge >= 0.3 is 5.97 Å². The van der Waals surface area contributed by atoms with Crippen LogP contribution in [0.1, 0.15) is 309 Å². The van der Waals surface area contributed by atoms with E-state index < -0.39 is 12.1 Å². The van der Waals surface area contributed by atoms with E-state index in [2.05, 4.69) is 43.5 Å². The summed E-state index contributed by atoms with van der Waals surface area (Å²) < 4.78 is 5.49. The highest BCUT2D eigenvalue weighted by Gasteiger charge is 2.20. The number of esters is 1. The minimum Gasteiger partial charge on any atom is -0.466 e. The molecule has 0 aromatic carbocycles. The summed E-state index contributed by atoms with van der Waals surface area (Å²) in [6, 6.07) is -0.550. The van der Waals surface area contributed by atoms with Crippen molar-refractivity contribution in [2.45, 2.75) is 321 Å². The second kappa shape index (κ2) is 54.0. The van der Waals surface area contributed by atoms with Crippen LogP contribution >= 0.6 is 0 Å². The number of ether oxygens (including phenoxy) is 1. The summed E-state index contributed by atoms with van der Waals surface area (Å²) in [6.45, 7) is 4.92. The molecular formula is C58H111NO5. The second-order valence-corrected chi connectivity index (χ2v) is 19.6. The predicted molar refractivity (Wildman–Crippen MR) is 278 cm³/mol. The first-order valence-corrected chi connectivity index (χ1v) is 28.6. The zero-order valence-corrected chi connectivity index (χ0v) is 43.0. The first-order chi connectivity index (χ1) is 31.5. The highest BCUT2D eigenvalue weighted by atomic mass is 16.5. The summed E-state index contributed by atoms with van der Waals surface area (Å²) in [5.41, 5.74) is 0. The summed E-state index contributed by atoms with van der Waals surface area (Å²) in [6.07, 6.45) is 64.6. The van der Waals surface area contributed by atoms with Gasteiger partial charge in [0.15, 0.2) is 0 Å². The zero-order valence-electron chi connectivity index (χ0n) is 43.0. The summed E-state index contributed by atoms with van der Waals surface area (Å²) in [5.74, 6) is -0.0483. The van der Waals surface area contributed by atoms with E-state index in [1.54, 1.807) is 0 Å². The molecule has 0 aliphatic rings. The molecule has 6 heteroatoms. The Morgan fingerprint density at radius 3 is 1.11 bits per heavy atom. The predicted octanol–water partition coefficient (Wildman–Crippen LogP) is 17.5. The van der Waals surface area contributed by atoms with Crippen molar-refractivity contribution in [2.24, 2.45) is 0 Å². The summed E-state index contributed by atoms with van der Waals surface area (Å²) >= 11 is 0. The Balaban J connectivity index is 3.40. The Morgan fingerprint density at radius 1 is 0.422 bits per heavy atom. The number of allylic oxidation sites excluding steroid dienone is 4. The minimum atomic E-state index is -0.671. The first kappa shape index (κ1) is 62.3. The van der Waals surface area contributed by atoms with E-state index in [0.29, 0.717) is 25.9 Å². The molecule has 0 rings (SSSR count). The quantitative estimate of drug-likeness (QED) is 0.0321. The third kappa shape index (κ3) is 49.8. The smallest absolute Gasteiger partial charge is 0.305 e. The first-order valence-electron chi connectivity index (χ1n) is 28.6. The normalized spacial score (nSPS) is 12.8. The maximum atomic E-state index is 12.4. The van der Waals surface area contributed by atoms with Gasteiger partial charge in [-0.05, 0) is 77.0 Å². The van der Waals surface area contributed by atoms with Gasteiger partial charge in [-0.25, -0.2) is 0 Å².